The lowest BCUT2D eigenvalue weighted by molar-refractivity contribution is -0.134. The molecular weight excluding hydrogens is 376 g/mol. The van der Waals surface area contributed by atoms with Crippen LogP contribution in [-0.4, -0.2) is 48.8 Å². The number of benzene rings is 2. The number of hydrogen-bond donors (Lipinski definition) is 2. The number of ketones is 1. The smallest absolute Gasteiger partial charge is 0.241 e. The molecule has 3 aliphatic rings. The number of aryl methyl sites for hydroxylation is 1. The summed E-state index contributed by atoms with van der Waals surface area (Å²) in [5, 5.41) is 0. The molecule has 2 aromatic rings. The molecular formula is C24H28N4O2. The van der Waals surface area contributed by atoms with Crippen molar-refractivity contribution in [2.75, 3.05) is 31.1 Å². The van der Waals surface area contributed by atoms with Crippen LogP contribution < -0.4 is 15.8 Å². The van der Waals surface area contributed by atoms with Crippen LogP contribution in [0.15, 0.2) is 48.5 Å². The first-order valence-electron chi connectivity index (χ1n) is 10.9. The highest BCUT2D eigenvalue weighted by Gasteiger charge is 2.44. The average molecular weight is 405 g/mol. The molecule has 3 atom stereocenters. The Balaban J connectivity index is 1.22. The second-order valence-electron chi connectivity index (χ2n) is 8.56. The second kappa shape index (κ2) is 7.85. The van der Waals surface area contributed by atoms with Crippen molar-refractivity contribution >= 4 is 17.4 Å². The molecule has 2 heterocycles. The summed E-state index contributed by atoms with van der Waals surface area (Å²) in [5.41, 5.74) is 11.3. The summed E-state index contributed by atoms with van der Waals surface area (Å²) in [7, 11) is 0. The van der Waals surface area contributed by atoms with Crippen molar-refractivity contribution in [2.24, 2.45) is 5.92 Å². The number of fused-ring (bicyclic) bond motifs is 3. The Morgan fingerprint density at radius 3 is 2.40 bits per heavy atom. The van der Waals surface area contributed by atoms with Crippen molar-refractivity contribution in [3.05, 3.63) is 65.2 Å². The van der Waals surface area contributed by atoms with Gasteiger partial charge in [0, 0.05) is 43.3 Å². The van der Waals surface area contributed by atoms with Gasteiger partial charge in [0.15, 0.2) is 5.78 Å². The van der Waals surface area contributed by atoms with Gasteiger partial charge in [-0.15, -0.1) is 0 Å². The molecule has 156 valence electrons. The highest BCUT2D eigenvalue weighted by Crippen LogP contribution is 2.39. The van der Waals surface area contributed by atoms with E-state index in [0.717, 1.165) is 50.3 Å². The van der Waals surface area contributed by atoms with E-state index in [2.05, 4.69) is 40.0 Å². The van der Waals surface area contributed by atoms with Gasteiger partial charge in [0.2, 0.25) is 5.91 Å². The first kappa shape index (κ1) is 19.3. The maximum atomic E-state index is 13.3. The van der Waals surface area contributed by atoms with E-state index in [4.69, 9.17) is 0 Å². The minimum absolute atomic E-state index is 0.0817. The van der Waals surface area contributed by atoms with Gasteiger partial charge in [0.25, 0.3) is 0 Å². The van der Waals surface area contributed by atoms with Crippen LogP contribution in [0.1, 0.15) is 40.9 Å². The quantitative estimate of drug-likeness (QED) is 0.769. The highest BCUT2D eigenvalue weighted by atomic mass is 16.2. The zero-order valence-electron chi connectivity index (χ0n) is 17.3. The van der Waals surface area contributed by atoms with E-state index in [1.807, 2.05) is 29.2 Å². The van der Waals surface area contributed by atoms with Crippen LogP contribution in [0.3, 0.4) is 0 Å². The maximum Gasteiger partial charge on any atom is 0.241 e. The predicted molar refractivity (Wildman–Crippen MR) is 116 cm³/mol. The number of rotatable bonds is 3. The van der Waals surface area contributed by atoms with Crippen molar-refractivity contribution in [2.45, 2.75) is 31.8 Å². The fourth-order valence-corrected chi connectivity index (χ4v) is 5.15. The standard InChI is InChI=1S/C24H28N4O2/c1-16(29)17-6-9-19(10-7-17)27-12-14-28(15-13-27)24(30)23-21-11-8-18-4-2-3-5-20(18)22(21)25-26-23/h2-7,9-10,21-23,25-26H,8,11-15H2,1H3. The Labute approximate surface area is 177 Å². The second-order valence-corrected chi connectivity index (χ2v) is 8.56. The molecule has 30 heavy (non-hydrogen) atoms. The van der Waals surface area contributed by atoms with Gasteiger partial charge >= 0.3 is 0 Å². The molecule has 0 saturated carbocycles. The van der Waals surface area contributed by atoms with E-state index >= 15 is 0 Å². The number of nitrogens with one attached hydrogen (secondary N) is 2. The predicted octanol–water partition coefficient (Wildman–Crippen LogP) is 2.32. The SMILES string of the molecule is CC(=O)c1ccc(N2CCN(C(=O)C3NNC4c5ccccc5CCC34)CC2)cc1. The van der Waals surface area contributed by atoms with Gasteiger partial charge < -0.3 is 9.80 Å². The molecule has 2 N–H and O–H groups in total. The third-order valence-corrected chi connectivity index (χ3v) is 6.88. The van der Waals surface area contributed by atoms with Crippen LogP contribution in [0.4, 0.5) is 5.69 Å². The van der Waals surface area contributed by atoms with Gasteiger partial charge in [-0.2, -0.15) is 0 Å². The maximum absolute atomic E-state index is 13.3. The first-order valence-corrected chi connectivity index (χ1v) is 10.9. The third-order valence-electron chi connectivity index (χ3n) is 6.88. The number of hydrogen-bond acceptors (Lipinski definition) is 5. The molecule has 2 saturated heterocycles. The van der Waals surface area contributed by atoms with Crippen LogP contribution in [0.25, 0.3) is 0 Å². The van der Waals surface area contributed by atoms with Gasteiger partial charge in [0.1, 0.15) is 6.04 Å². The number of amides is 1. The molecule has 2 fully saturated rings. The number of Topliss-reactive ketones (excluding diaryl/α,β-unsaturated/α-hetero) is 1. The average Bonchev–Trinajstić information content (AvgIpc) is 3.23. The summed E-state index contributed by atoms with van der Waals surface area (Å²) in [5.74, 6) is 0.587. The van der Waals surface area contributed by atoms with E-state index in [-0.39, 0.29) is 23.8 Å². The van der Waals surface area contributed by atoms with Crippen LogP contribution >= 0.6 is 0 Å². The van der Waals surface area contributed by atoms with E-state index in [9.17, 15) is 9.59 Å². The summed E-state index contributed by atoms with van der Waals surface area (Å²) in [6, 6.07) is 16.4. The van der Waals surface area contributed by atoms with Crippen LogP contribution in [0.5, 0.6) is 0 Å². The fourth-order valence-electron chi connectivity index (χ4n) is 5.15. The zero-order chi connectivity index (χ0) is 20.7. The third kappa shape index (κ3) is 3.40. The van der Waals surface area contributed by atoms with Gasteiger partial charge in [0.05, 0.1) is 6.04 Å². The normalized spacial score (nSPS) is 25.6. The van der Waals surface area contributed by atoms with Crippen molar-refractivity contribution in [1.29, 1.82) is 0 Å². The fraction of sp³-hybridized carbons (Fsp3) is 0.417. The lowest BCUT2D eigenvalue weighted by atomic mass is 9.77. The molecule has 0 radical (unpaired) electrons. The van der Waals surface area contributed by atoms with Gasteiger partial charge in [-0.25, -0.2) is 10.9 Å². The van der Waals surface area contributed by atoms with Crippen LogP contribution in [0.2, 0.25) is 0 Å². The molecule has 5 rings (SSSR count). The van der Waals surface area contributed by atoms with Gasteiger partial charge in [-0.1, -0.05) is 24.3 Å². The lowest BCUT2D eigenvalue weighted by Crippen LogP contribution is -2.55. The molecule has 1 aliphatic carbocycles. The molecule has 2 aliphatic heterocycles. The van der Waals surface area contributed by atoms with E-state index in [1.165, 1.54) is 11.1 Å². The van der Waals surface area contributed by atoms with E-state index in [1.54, 1.807) is 6.92 Å². The number of carbonyl (C=O) groups is 2. The van der Waals surface area contributed by atoms with E-state index in [0.29, 0.717) is 5.92 Å². The van der Waals surface area contributed by atoms with Crippen molar-refractivity contribution < 1.29 is 9.59 Å². The molecule has 0 bridgehead atoms. The minimum atomic E-state index is -0.162. The Morgan fingerprint density at radius 1 is 0.933 bits per heavy atom. The molecule has 0 spiro atoms. The largest absolute Gasteiger partial charge is 0.368 e. The Morgan fingerprint density at radius 2 is 1.67 bits per heavy atom. The molecule has 6 heteroatoms. The van der Waals surface area contributed by atoms with Gasteiger partial charge in [-0.3, -0.25) is 9.59 Å². The lowest BCUT2D eigenvalue weighted by Gasteiger charge is -2.38. The summed E-state index contributed by atoms with van der Waals surface area (Å²) in [6.45, 7) is 4.64. The van der Waals surface area contributed by atoms with E-state index < -0.39 is 0 Å². The number of carbonyl (C=O) groups excluding carboxylic acids is 2. The zero-order valence-corrected chi connectivity index (χ0v) is 17.3. The number of hydrazine groups is 1. The summed E-state index contributed by atoms with van der Waals surface area (Å²) in [4.78, 5) is 29.1. The number of piperazine rings is 1. The Hall–Kier alpha value is -2.70. The Bertz CT molecular complexity index is 950. The summed E-state index contributed by atoms with van der Waals surface area (Å²) in [6.07, 6.45) is 2.06. The number of anilines is 1. The molecule has 1 amide bonds. The highest BCUT2D eigenvalue weighted by molar-refractivity contribution is 5.94. The van der Waals surface area contributed by atoms with Gasteiger partial charge in [-0.05, 0) is 55.2 Å². The molecule has 0 aromatic heterocycles. The van der Waals surface area contributed by atoms with Crippen molar-refractivity contribution in [1.82, 2.24) is 15.8 Å². The van der Waals surface area contributed by atoms with Crippen molar-refractivity contribution in [3.8, 4) is 0 Å². The van der Waals surface area contributed by atoms with Crippen LogP contribution in [-0.2, 0) is 11.2 Å². The monoisotopic (exact) mass is 404 g/mol. The molecule has 2 aromatic carbocycles. The molecule has 6 nitrogen and oxygen atoms in total. The topological polar surface area (TPSA) is 64.7 Å². The van der Waals surface area contributed by atoms with Crippen LogP contribution in [0, 0.1) is 5.92 Å². The van der Waals surface area contributed by atoms with Crippen molar-refractivity contribution in [3.63, 3.8) is 0 Å². The number of nitrogens with zero attached hydrogens (tertiary/aromatic N) is 2. The summed E-state index contributed by atoms with van der Waals surface area (Å²) >= 11 is 0. The minimum Gasteiger partial charge on any atom is -0.368 e. The summed E-state index contributed by atoms with van der Waals surface area (Å²) < 4.78 is 0. The molecule has 3 unspecified atom stereocenters. The first-order chi connectivity index (χ1) is 14.6. The Kier molecular flexibility index (Phi) is 5.05.